The van der Waals surface area contributed by atoms with Crippen LogP contribution in [0.25, 0.3) is 11.1 Å². The monoisotopic (exact) mass is 434 g/mol. The van der Waals surface area contributed by atoms with E-state index in [-0.39, 0.29) is 11.9 Å². The van der Waals surface area contributed by atoms with E-state index < -0.39 is 11.9 Å². The zero-order valence-corrected chi connectivity index (χ0v) is 17.9. The third kappa shape index (κ3) is 4.63. The van der Waals surface area contributed by atoms with Gasteiger partial charge in [-0.15, -0.1) is 0 Å². The minimum absolute atomic E-state index is 0.00944. The molecule has 0 unspecified atom stereocenters. The highest BCUT2D eigenvalue weighted by Crippen LogP contribution is 2.32. The maximum Gasteiger partial charge on any atom is 0.258 e. The van der Waals surface area contributed by atoms with Gasteiger partial charge in [0, 0.05) is 22.2 Å². The van der Waals surface area contributed by atoms with E-state index in [0.29, 0.717) is 22.8 Å². The van der Waals surface area contributed by atoms with E-state index in [1.54, 1.807) is 19.2 Å². The van der Waals surface area contributed by atoms with E-state index in [4.69, 9.17) is 16.3 Å². The predicted octanol–water partition coefficient (Wildman–Crippen LogP) is 4.77. The highest BCUT2D eigenvalue weighted by Gasteiger charge is 2.31. The Balaban J connectivity index is 1.44. The lowest BCUT2D eigenvalue weighted by Gasteiger charge is -2.16. The van der Waals surface area contributed by atoms with Crippen LogP contribution in [0.15, 0.2) is 72.8 Å². The van der Waals surface area contributed by atoms with E-state index in [2.05, 4.69) is 10.6 Å². The van der Waals surface area contributed by atoms with Crippen LogP contribution in [-0.2, 0) is 4.79 Å². The Morgan fingerprint density at radius 3 is 2.48 bits per heavy atom. The number of carbonyl (C=O) groups is 2. The molecule has 0 saturated carbocycles. The summed E-state index contributed by atoms with van der Waals surface area (Å²) < 4.78 is 5.48. The number of imide groups is 1. The summed E-state index contributed by atoms with van der Waals surface area (Å²) in [6.45, 7) is 0. The summed E-state index contributed by atoms with van der Waals surface area (Å²) >= 11 is 6.27. The quantitative estimate of drug-likeness (QED) is 0.568. The number of halogens is 1. The molecule has 2 atom stereocenters. The van der Waals surface area contributed by atoms with Gasteiger partial charge in [0.2, 0.25) is 5.91 Å². The Hall–Kier alpha value is -3.15. The van der Waals surface area contributed by atoms with Crippen molar-refractivity contribution in [3.63, 3.8) is 0 Å². The first kappa shape index (κ1) is 21.1. The number of amides is 2. The van der Waals surface area contributed by atoms with Gasteiger partial charge in [0.25, 0.3) is 5.91 Å². The molecule has 6 heteroatoms. The van der Waals surface area contributed by atoms with Gasteiger partial charge in [0.15, 0.2) is 0 Å². The molecule has 1 saturated heterocycles. The maximum absolute atomic E-state index is 12.7. The minimum Gasteiger partial charge on any atom is -0.496 e. The Labute approximate surface area is 186 Å². The van der Waals surface area contributed by atoms with Crippen molar-refractivity contribution in [3.8, 4) is 16.9 Å². The Morgan fingerprint density at radius 2 is 1.74 bits per heavy atom. The molecule has 0 bridgehead atoms. The first-order valence-electron chi connectivity index (χ1n) is 10.2. The molecule has 0 radical (unpaired) electrons. The summed E-state index contributed by atoms with van der Waals surface area (Å²) in [6, 6.07) is 22.1. The molecule has 0 spiro atoms. The van der Waals surface area contributed by atoms with E-state index in [1.807, 2.05) is 60.7 Å². The van der Waals surface area contributed by atoms with Crippen LogP contribution < -0.4 is 15.4 Å². The second kappa shape index (κ2) is 9.33. The van der Waals surface area contributed by atoms with E-state index >= 15 is 0 Å². The Bertz CT molecular complexity index is 1100. The summed E-state index contributed by atoms with van der Waals surface area (Å²) in [5.41, 5.74) is 3.20. The van der Waals surface area contributed by atoms with Crippen LogP contribution in [0.2, 0.25) is 5.02 Å². The van der Waals surface area contributed by atoms with Gasteiger partial charge >= 0.3 is 0 Å². The molecule has 0 aromatic heterocycles. The Kier molecular flexibility index (Phi) is 6.35. The zero-order valence-electron chi connectivity index (χ0n) is 17.1. The molecule has 1 aliphatic heterocycles. The SMILES string of the molecule is COc1cc(C(=O)NC(=O)[C@@H]2CC[C@H](c3ccccc3Cl)N2)ccc1-c1ccccc1. The number of methoxy groups -OCH3 is 1. The lowest BCUT2D eigenvalue weighted by Crippen LogP contribution is -2.43. The van der Waals surface area contributed by atoms with Gasteiger partial charge in [-0.25, -0.2) is 0 Å². The van der Waals surface area contributed by atoms with Crippen molar-refractivity contribution in [2.75, 3.05) is 7.11 Å². The van der Waals surface area contributed by atoms with Gasteiger partial charge in [-0.1, -0.05) is 60.1 Å². The molecule has 3 aromatic carbocycles. The maximum atomic E-state index is 12.7. The van der Waals surface area contributed by atoms with E-state index in [9.17, 15) is 9.59 Å². The number of ether oxygens (including phenoxy) is 1. The molecule has 3 aromatic rings. The lowest BCUT2D eigenvalue weighted by molar-refractivity contribution is -0.121. The zero-order chi connectivity index (χ0) is 21.8. The fourth-order valence-corrected chi connectivity index (χ4v) is 4.18. The number of benzene rings is 3. The number of hydrogen-bond donors (Lipinski definition) is 2. The third-order valence-corrected chi connectivity index (χ3v) is 5.87. The molecule has 31 heavy (non-hydrogen) atoms. The average molecular weight is 435 g/mol. The molecule has 1 fully saturated rings. The van der Waals surface area contributed by atoms with Crippen LogP contribution in [0.3, 0.4) is 0 Å². The van der Waals surface area contributed by atoms with E-state index in [0.717, 1.165) is 23.1 Å². The average Bonchev–Trinajstić information content (AvgIpc) is 3.29. The van der Waals surface area contributed by atoms with Crippen LogP contribution in [0.5, 0.6) is 5.75 Å². The van der Waals surface area contributed by atoms with Crippen molar-refractivity contribution in [1.82, 2.24) is 10.6 Å². The molecule has 1 heterocycles. The number of carbonyl (C=O) groups excluding carboxylic acids is 2. The van der Waals surface area contributed by atoms with Crippen LogP contribution >= 0.6 is 11.6 Å². The highest BCUT2D eigenvalue weighted by atomic mass is 35.5. The molecule has 2 amide bonds. The van der Waals surface area contributed by atoms with Crippen LogP contribution in [0, 0.1) is 0 Å². The number of nitrogens with one attached hydrogen (secondary N) is 2. The summed E-state index contributed by atoms with van der Waals surface area (Å²) in [4.78, 5) is 25.4. The molecule has 4 rings (SSSR count). The van der Waals surface area contributed by atoms with Crippen LogP contribution in [0.1, 0.15) is 34.8 Å². The first-order valence-corrected chi connectivity index (χ1v) is 10.5. The van der Waals surface area contributed by atoms with Crippen LogP contribution in [-0.4, -0.2) is 25.0 Å². The molecule has 0 aliphatic carbocycles. The lowest BCUT2D eigenvalue weighted by atomic mass is 10.0. The van der Waals surface area contributed by atoms with Crippen LogP contribution in [0.4, 0.5) is 0 Å². The Morgan fingerprint density at radius 1 is 1.00 bits per heavy atom. The molecule has 158 valence electrons. The van der Waals surface area contributed by atoms with Crippen molar-refractivity contribution in [1.29, 1.82) is 0 Å². The van der Waals surface area contributed by atoms with Crippen molar-refractivity contribution in [2.45, 2.75) is 24.9 Å². The van der Waals surface area contributed by atoms with Crippen molar-refractivity contribution in [2.24, 2.45) is 0 Å². The predicted molar refractivity (Wildman–Crippen MR) is 121 cm³/mol. The number of rotatable bonds is 5. The first-order chi connectivity index (χ1) is 15.1. The molecular formula is C25H23ClN2O3. The van der Waals surface area contributed by atoms with Gasteiger partial charge in [0.1, 0.15) is 5.75 Å². The van der Waals surface area contributed by atoms with Crippen molar-refractivity contribution < 1.29 is 14.3 Å². The van der Waals surface area contributed by atoms with E-state index in [1.165, 1.54) is 0 Å². The van der Waals surface area contributed by atoms with Crippen molar-refractivity contribution in [3.05, 3.63) is 88.9 Å². The van der Waals surface area contributed by atoms with Gasteiger partial charge in [-0.2, -0.15) is 0 Å². The fourth-order valence-electron chi connectivity index (χ4n) is 3.91. The topological polar surface area (TPSA) is 67.4 Å². The van der Waals surface area contributed by atoms with Crippen molar-refractivity contribution >= 4 is 23.4 Å². The minimum atomic E-state index is -0.453. The number of hydrogen-bond acceptors (Lipinski definition) is 4. The smallest absolute Gasteiger partial charge is 0.258 e. The second-order valence-electron chi connectivity index (χ2n) is 7.47. The highest BCUT2D eigenvalue weighted by molar-refractivity contribution is 6.31. The van der Waals surface area contributed by atoms with Gasteiger partial charge < -0.3 is 4.74 Å². The summed E-state index contributed by atoms with van der Waals surface area (Å²) in [7, 11) is 1.56. The second-order valence-corrected chi connectivity index (χ2v) is 7.88. The standard InChI is InChI=1S/C25H23ClN2O3/c1-31-23-15-17(11-12-18(23)16-7-3-2-4-8-16)24(29)28-25(30)22-14-13-21(27-22)19-9-5-6-10-20(19)26/h2-12,15,21-22,27H,13-14H2,1H3,(H,28,29,30)/t21-,22+/m1/s1. The summed E-state index contributed by atoms with van der Waals surface area (Å²) in [6.07, 6.45) is 1.40. The molecule has 5 nitrogen and oxygen atoms in total. The molecular weight excluding hydrogens is 412 g/mol. The van der Waals surface area contributed by atoms with Gasteiger partial charge in [0.05, 0.1) is 13.2 Å². The normalized spacial score (nSPS) is 17.9. The largest absolute Gasteiger partial charge is 0.496 e. The fraction of sp³-hybridized carbons (Fsp3) is 0.200. The van der Waals surface area contributed by atoms with Gasteiger partial charge in [-0.3, -0.25) is 20.2 Å². The van der Waals surface area contributed by atoms with Gasteiger partial charge in [-0.05, 0) is 48.2 Å². The summed E-state index contributed by atoms with van der Waals surface area (Å²) in [5, 5.41) is 6.46. The summed E-state index contributed by atoms with van der Waals surface area (Å²) in [5.74, 6) is -0.222. The third-order valence-electron chi connectivity index (χ3n) is 5.53. The molecule has 1 aliphatic rings. The molecule has 2 N–H and O–H groups in total.